The van der Waals surface area contributed by atoms with Gasteiger partial charge in [0.25, 0.3) is 0 Å². The molecule has 1 aliphatic rings. The summed E-state index contributed by atoms with van der Waals surface area (Å²) in [5.74, 6) is -0.0860. The monoisotopic (exact) mass is 244 g/mol. The standard InChI is InChI=1S/C13H24O4/c1-3-17-12(14)13(7-5-4-6-8-13)11-16-10-9-15-2/h3-11H2,1-2H3. The molecule has 0 heterocycles. The van der Waals surface area contributed by atoms with E-state index in [9.17, 15) is 4.79 Å². The summed E-state index contributed by atoms with van der Waals surface area (Å²) in [7, 11) is 1.64. The molecule has 0 N–H and O–H groups in total. The fourth-order valence-electron chi connectivity index (χ4n) is 2.33. The first-order valence-electron chi connectivity index (χ1n) is 6.49. The summed E-state index contributed by atoms with van der Waals surface area (Å²) in [6.07, 6.45) is 5.16. The number of hydrogen-bond acceptors (Lipinski definition) is 4. The van der Waals surface area contributed by atoms with E-state index in [1.165, 1.54) is 6.42 Å². The van der Waals surface area contributed by atoms with Crippen molar-refractivity contribution in [3.63, 3.8) is 0 Å². The van der Waals surface area contributed by atoms with Crippen molar-refractivity contribution in [2.24, 2.45) is 5.41 Å². The van der Waals surface area contributed by atoms with Crippen LogP contribution in [0.3, 0.4) is 0 Å². The SMILES string of the molecule is CCOC(=O)C1(COCCOC)CCCCC1. The second kappa shape index (κ2) is 7.67. The van der Waals surface area contributed by atoms with Crippen LogP contribution in [0.5, 0.6) is 0 Å². The van der Waals surface area contributed by atoms with Gasteiger partial charge < -0.3 is 14.2 Å². The Balaban J connectivity index is 2.49. The van der Waals surface area contributed by atoms with E-state index >= 15 is 0 Å². The number of methoxy groups -OCH3 is 1. The molecule has 0 saturated heterocycles. The van der Waals surface area contributed by atoms with Crippen LogP contribution in [0.2, 0.25) is 0 Å². The van der Waals surface area contributed by atoms with E-state index < -0.39 is 5.41 Å². The highest BCUT2D eigenvalue weighted by Gasteiger charge is 2.41. The molecule has 0 atom stereocenters. The van der Waals surface area contributed by atoms with Gasteiger partial charge in [0.1, 0.15) is 0 Å². The molecule has 0 amide bonds. The Morgan fingerprint density at radius 2 is 1.88 bits per heavy atom. The van der Waals surface area contributed by atoms with Crippen LogP contribution in [0.25, 0.3) is 0 Å². The molecule has 1 fully saturated rings. The van der Waals surface area contributed by atoms with Gasteiger partial charge in [-0.05, 0) is 19.8 Å². The lowest BCUT2D eigenvalue weighted by atomic mass is 9.74. The molecule has 0 aromatic heterocycles. The van der Waals surface area contributed by atoms with Crippen molar-refractivity contribution < 1.29 is 19.0 Å². The lowest BCUT2D eigenvalue weighted by molar-refractivity contribution is -0.162. The van der Waals surface area contributed by atoms with Crippen LogP contribution in [0.1, 0.15) is 39.0 Å². The highest BCUT2D eigenvalue weighted by Crippen LogP contribution is 2.37. The van der Waals surface area contributed by atoms with Crippen LogP contribution >= 0.6 is 0 Å². The Morgan fingerprint density at radius 1 is 1.18 bits per heavy atom. The first-order chi connectivity index (χ1) is 8.25. The van der Waals surface area contributed by atoms with Gasteiger partial charge in [0.2, 0.25) is 0 Å². The number of ether oxygens (including phenoxy) is 3. The van der Waals surface area contributed by atoms with Crippen molar-refractivity contribution in [1.82, 2.24) is 0 Å². The topological polar surface area (TPSA) is 44.8 Å². The summed E-state index contributed by atoms with van der Waals surface area (Å²) < 4.78 is 15.7. The molecule has 0 aromatic rings. The molecule has 0 bridgehead atoms. The third-order valence-corrected chi connectivity index (χ3v) is 3.33. The van der Waals surface area contributed by atoms with E-state index in [-0.39, 0.29) is 5.97 Å². The molecule has 0 unspecified atom stereocenters. The van der Waals surface area contributed by atoms with Crippen molar-refractivity contribution in [2.45, 2.75) is 39.0 Å². The molecule has 100 valence electrons. The molecule has 1 aliphatic carbocycles. The van der Waals surface area contributed by atoms with Crippen LogP contribution in [0, 0.1) is 5.41 Å². The molecule has 0 spiro atoms. The zero-order chi connectivity index (χ0) is 12.6. The zero-order valence-corrected chi connectivity index (χ0v) is 11.0. The highest BCUT2D eigenvalue weighted by atomic mass is 16.5. The van der Waals surface area contributed by atoms with Gasteiger partial charge in [0.15, 0.2) is 0 Å². The summed E-state index contributed by atoms with van der Waals surface area (Å²) in [6, 6.07) is 0. The largest absolute Gasteiger partial charge is 0.465 e. The number of rotatable bonds is 7. The van der Waals surface area contributed by atoms with Crippen LogP contribution in [0.15, 0.2) is 0 Å². The quantitative estimate of drug-likeness (QED) is 0.508. The van der Waals surface area contributed by atoms with Gasteiger partial charge in [-0.15, -0.1) is 0 Å². The summed E-state index contributed by atoms with van der Waals surface area (Å²) in [5.41, 5.74) is -0.401. The van der Waals surface area contributed by atoms with E-state index in [1.54, 1.807) is 7.11 Å². The van der Waals surface area contributed by atoms with Crippen molar-refractivity contribution in [3.8, 4) is 0 Å². The van der Waals surface area contributed by atoms with Crippen LogP contribution in [-0.2, 0) is 19.0 Å². The number of carbonyl (C=O) groups is 1. The maximum atomic E-state index is 12.1. The average Bonchev–Trinajstić information content (AvgIpc) is 2.36. The third kappa shape index (κ3) is 4.28. The van der Waals surface area contributed by atoms with Crippen molar-refractivity contribution in [1.29, 1.82) is 0 Å². The average molecular weight is 244 g/mol. The smallest absolute Gasteiger partial charge is 0.314 e. The van der Waals surface area contributed by atoms with Gasteiger partial charge >= 0.3 is 5.97 Å². The normalized spacial score (nSPS) is 18.9. The van der Waals surface area contributed by atoms with Gasteiger partial charge in [0.05, 0.1) is 31.8 Å². The van der Waals surface area contributed by atoms with Crippen LogP contribution < -0.4 is 0 Å². The predicted octanol–water partition coefficient (Wildman–Crippen LogP) is 2.16. The van der Waals surface area contributed by atoms with Gasteiger partial charge in [-0.2, -0.15) is 0 Å². The first-order valence-corrected chi connectivity index (χ1v) is 6.49. The summed E-state index contributed by atoms with van der Waals surface area (Å²) >= 11 is 0. The van der Waals surface area contributed by atoms with Gasteiger partial charge in [0, 0.05) is 7.11 Å². The highest BCUT2D eigenvalue weighted by molar-refractivity contribution is 5.77. The minimum Gasteiger partial charge on any atom is -0.465 e. The third-order valence-electron chi connectivity index (χ3n) is 3.33. The number of esters is 1. The maximum Gasteiger partial charge on any atom is 0.314 e. The van der Waals surface area contributed by atoms with Crippen LogP contribution in [-0.4, -0.2) is 39.5 Å². The number of carbonyl (C=O) groups excluding carboxylic acids is 1. The Morgan fingerprint density at radius 3 is 2.47 bits per heavy atom. The van der Waals surface area contributed by atoms with Gasteiger partial charge in [-0.3, -0.25) is 4.79 Å². The second-order valence-electron chi connectivity index (χ2n) is 4.61. The summed E-state index contributed by atoms with van der Waals surface area (Å²) in [5, 5.41) is 0. The Labute approximate surface area is 104 Å². The molecule has 0 radical (unpaired) electrons. The molecule has 4 heteroatoms. The second-order valence-corrected chi connectivity index (χ2v) is 4.61. The Hall–Kier alpha value is -0.610. The van der Waals surface area contributed by atoms with Gasteiger partial charge in [-0.25, -0.2) is 0 Å². The number of hydrogen-bond donors (Lipinski definition) is 0. The fourth-order valence-corrected chi connectivity index (χ4v) is 2.33. The lowest BCUT2D eigenvalue weighted by Crippen LogP contribution is -2.39. The molecular weight excluding hydrogens is 220 g/mol. The molecule has 1 saturated carbocycles. The van der Waals surface area contributed by atoms with E-state index in [0.29, 0.717) is 26.4 Å². The minimum absolute atomic E-state index is 0.0860. The summed E-state index contributed by atoms with van der Waals surface area (Å²) in [4.78, 5) is 12.1. The van der Waals surface area contributed by atoms with Crippen molar-refractivity contribution >= 4 is 5.97 Å². The Kier molecular flexibility index (Phi) is 6.52. The molecule has 0 aliphatic heterocycles. The predicted molar refractivity (Wildman–Crippen MR) is 64.8 cm³/mol. The van der Waals surface area contributed by atoms with E-state index in [1.807, 2.05) is 6.92 Å². The van der Waals surface area contributed by atoms with Crippen molar-refractivity contribution in [3.05, 3.63) is 0 Å². The summed E-state index contributed by atoms with van der Waals surface area (Å²) in [6.45, 7) is 3.87. The van der Waals surface area contributed by atoms with E-state index in [2.05, 4.69) is 0 Å². The van der Waals surface area contributed by atoms with E-state index in [0.717, 1.165) is 25.7 Å². The zero-order valence-electron chi connectivity index (χ0n) is 11.0. The fraction of sp³-hybridized carbons (Fsp3) is 0.923. The molecule has 1 rings (SSSR count). The van der Waals surface area contributed by atoms with Crippen molar-refractivity contribution in [2.75, 3.05) is 33.5 Å². The van der Waals surface area contributed by atoms with Crippen LogP contribution in [0.4, 0.5) is 0 Å². The van der Waals surface area contributed by atoms with Gasteiger partial charge in [-0.1, -0.05) is 19.3 Å². The lowest BCUT2D eigenvalue weighted by Gasteiger charge is -2.34. The molecule has 0 aromatic carbocycles. The van der Waals surface area contributed by atoms with E-state index in [4.69, 9.17) is 14.2 Å². The maximum absolute atomic E-state index is 12.1. The molecular formula is C13H24O4. The Bertz CT molecular complexity index is 221. The minimum atomic E-state index is -0.401. The molecule has 17 heavy (non-hydrogen) atoms. The molecule has 4 nitrogen and oxygen atoms in total. The first kappa shape index (κ1) is 14.5.